The van der Waals surface area contributed by atoms with Gasteiger partial charge in [-0.05, 0) is 87.4 Å². The lowest BCUT2D eigenvalue weighted by atomic mass is 9.98. The first-order valence-corrected chi connectivity index (χ1v) is 17.1. The maximum atomic E-state index is 14.2. The molecule has 4 N–H and O–H groups in total. The molecule has 0 aliphatic carbocycles. The Kier molecular flexibility index (Phi) is 9.09. The van der Waals surface area contributed by atoms with Crippen molar-refractivity contribution in [1.29, 1.82) is 0 Å². The van der Waals surface area contributed by atoms with E-state index in [0.29, 0.717) is 51.6 Å². The van der Waals surface area contributed by atoms with Crippen molar-refractivity contribution in [3.63, 3.8) is 0 Å². The highest BCUT2D eigenvalue weighted by Crippen LogP contribution is 2.32. The average molecular weight is 649 g/mol. The summed E-state index contributed by atoms with van der Waals surface area (Å²) in [6.45, 7) is 6.69. The third-order valence-electron chi connectivity index (χ3n) is 10.5. The Morgan fingerprint density at radius 1 is 0.915 bits per heavy atom. The lowest BCUT2D eigenvalue weighted by molar-refractivity contribution is -0.142. The molecular weight excluding hydrogens is 603 g/mol. The van der Waals surface area contributed by atoms with E-state index >= 15 is 0 Å². The SMILES string of the molecule is Cc1cc(CC(OC(=O)N2CCC(N3Cc4cccc(F)c4NC3=O)CC2)C(=O)N2CCC(N3CCCCC3)CC2)cc2c1NNN2. The number of aryl methyl sites for hydroxylation is 1. The summed E-state index contributed by atoms with van der Waals surface area (Å²) in [4.78, 5) is 48.3. The third-order valence-corrected chi connectivity index (χ3v) is 10.5. The molecule has 3 fully saturated rings. The zero-order chi connectivity index (χ0) is 32.5. The minimum Gasteiger partial charge on any atom is -0.436 e. The molecule has 5 aliphatic heterocycles. The van der Waals surface area contributed by atoms with Gasteiger partial charge in [-0.1, -0.05) is 24.6 Å². The van der Waals surface area contributed by atoms with Crippen molar-refractivity contribution in [3.05, 3.63) is 52.8 Å². The number of nitrogens with zero attached hydrogens (tertiary/aromatic N) is 4. The number of carbonyl (C=O) groups excluding carboxylic acids is 3. The second-order valence-corrected chi connectivity index (χ2v) is 13.5. The standard InChI is InChI=1S/C34H45FN8O4/c1-22-18-23(19-28-30(22)38-39-37-28)20-29(32(44)41-14-8-25(9-15-41)40-12-3-2-4-13-40)47-34(46)42-16-10-26(11-17-42)43-21-24-6-5-7-27(35)31(24)36-33(43)45/h5-7,18-19,25-26,29,37-39H,2-4,8-17,20-21H2,1H3,(H,36,45). The van der Waals surface area contributed by atoms with E-state index in [1.165, 1.54) is 25.3 Å². The summed E-state index contributed by atoms with van der Waals surface area (Å²) in [5.41, 5.74) is 13.8. The zero-order valence-corrected chi connectivity index (χ0v) is 27.0. The normalized spacial score (nSPS) is 21.3. The molecule has 0 radical (unpaired) electrons. The number of likely N-dealkylation sites (tertiary alicyclic amines) is 3. The number of nitrogens with one attached hydrogen (secondary N) is 4. The molecule has 7 rings (SSSR count). The zero-order valence-electron chi connectivity index (χ0n) is 27.0. The maximum absolute atomic E-state index is 14.2. The van der Waals surface area contributed by atoms with Crippen LogP contribution >= 0.6 is 0 Å². The van der Waals surface area contributed by atoms with Gasteiger partial charge in [0.25, 0.3) is 5.91 Å². The number of hydrazine groups is 2. The molecule has 252 valence electrons. The van der Waals surface area contributed by atoms with Gasteiger partial charge in [0, 0.05) is 51.2 Å². The Labute approximate surface area is 274 Å². The number of halogens is 1. The molecule has 47 heavy (non-hydrogen) atoms. The molecule has 0 spiro atoms. The first-order valence-electron chi connectivity index (χ1n) is 17.1. The van der Waals surface area contributed by atoms with Gasteiger partial charge in [-0.3, -0.25) is 4.79 Å². The van der Waals surface area contributed by atoms with Crippen LogP contribution in [0.1, 0.15) is 61.6 Å². The summed E-state index contributed by atoms with van der Waals surface area (Å²) in [6.07, 6.45) is 5.57. The van der Waals surface area contributed by atoms with Crippen molar-refractivity contribution < 1.29 is 23.5 Å². The number of benzene rings is 2. The van der Waals surface area contributed by atoms with Crippen LogP contribution in [0.15, 0.2) is 30.3 Å². The summed E-state index contributed by atoms with van der Waals surface area (Å²) in [6, 6.07) is 8.87. The number of rotatable bonds is 6. The second kappa shape index (κ2) is 13.6. The molecule has 12 nitrogen and oxygen atoms in total. The molecule has 2 aromatic rings. The van der Waals surface area contributed by atoms with Gasteiger partial charge in [0.1, 0.15) is 5.82 Å². The molecule has 13 heteroatoms. The number of anilines is 3. The number of hydrogen-bond donors (Lipinski definition) is 4. The summed E-state index contributed by atoms with van der Waals surface area (Å²) >= 11 is 0. The van der Waals surface area contributed by atoms with Gasteiger partial charge in [-0.25, -0.2) is 14.0 Å². The highest BCUT2D eigenvalue weighted by molar-refractivity contribution is 5.92. The van der Waals surface area contributed by atoms with E-state index < -0.39 is 18.0 Å². The van der Waals surface area contributed by atoms with Crippen molar-refractivity contribution in [1.82, 2.24) is 25.1 Å². The molecule has 2 aromatic carbocycles. The van der Waals surface area contributed by atoms with Gasteiger partial charge >= 0.3 is 12.1 Å². The van der Waals surface area contributed by atoms with Crippen LogP contribution < -0.4 is 21.7 Å². The van der Waals surface area contributed by atoms with Gasteiger partial charge in [-0.2, -0.15) is 0 Å². The minimum atomic E-state index is -0.953. The van der Waals surface area contributed by atoms with Crippen LogP contribution in [0.25, 0.3) is 0 Å². The summed E-state index contributed by atoms with van der Waals surface area (Å²) in [5.74, 6) is -0.591. The Bertz CT molecular complexity index is 1500. The van der Waals surface area contributed by atoms with Gasteiger partial charge in [0.05, 0.1) is 17.1 Å². The Balaban J connectivity index is 1.00. The van der Waals surface area contributed by atoms with E-state index in [9.17, 15) is 18.8 Å². The predicted molar refractivity (Wildman–Crippen MR) is 176 cm³/mol. The number of amides is 4. The number of urea groups is 1. The van der Waals surface area contributed by atoms with E-state index in [0.717, 1.165) is 54.0 Å². The van der Waals surface area contributed by atoms with E-state index in [-0.39, 0.29) is 30.1 Å². The Hall–Kier alpha value is -4.10. The van der Waals surface area contributed by atoms with E-state index in [1.54, 1.807) is 15.9 Å². The summed E-state index contributed by atoms with van der Waals surface area (Å²) in [7, 11) is 0. The van der Waals surface area contributed by atoms with Gasteiger partial charge in [0.15, 0.2) is 6.10 Å². The number of para-hydroxylation sites is 1. The molecule has 1 unspecified atom stereocenters. The number of carbonyl (C=O) groups is 3. The summed E-state index contributed by atoms with van der Waals surface area (Å²) < 4.78 is 20.3. The Morgan fingerprint density at radius 2 is 1.64 bits per heavy atom. The molecule has 3 saturated heterocycles. The predicted octanol–water partition coefficient (Wildman–Crippen LogP) is 4.43. The molecule has 0 aromatic heterocycles. The van der Waals surface area contributed by atoms with Gasteiger partial charge < -0.3 is 40.5 Å². The number of piperidine rings is 3. The van der Waals surface area contributed by atoms with Gasteiger partial charge in [-0.15, -0.1) is 5.53 Å². The average Bonchev–Trinajstić information content (AvgIpc) is 3.58. The number of hydrogen-bond acceptors (Lipinski definition) is 8. The monoisotopic (exact) mass is 648 g/mol. The molecule has 5 aliphatic rings. The first-order chi connectivity index (χ1) is 22.8. The topological polar surface area (TPSA) is 122 Å². The van der Waals surface area contributed by atoms with Crippen LogP contribution in [0.5, 0.6) is 0 Å². The van der Waals surface area contributed by atoms with Crippen molar-refractivity contribution in [2.24, 2.45) is 0 Å². The maximum Gasteiger partial charge on any atom is 0.410 e. The molecular formula is C34H45FN8O4. The number of fused-ring (bicyclic) bond motifs is 2. The van der Waals surface area contributed by atoms with Crippen LogP contribution in [-0.2, 0) is 22.5 Å². The van der Waals surface area contributed by atoms with Crippen LogP contribution in [-0.4, -0.2) is 95.1 Å². The lowest BCUT2D eigenvalue weighted by Gasteiger charge is -2.41. The minimum absolute atomic E-state index is 0.0989. The van der Waals surface area contributed by atoms with Gasteiger partial charge in [0.2, 0.25) is 0 Å². The third kappa shape index (κ3) is 6.68. The molecule has 0 bridgehead atoms. The Morgan fingerprint density at radius 3 is 2.40 bits per heavy atom. The molecule has 4 amide bonds. The first kappa shape index (κ1) is 31.5. The fraction of sp³-hybridized carbons (Fsp3) is 0.559. The van der Waals surface area contributed by atoms with Crippen molar-refractivity contribution in [3.8, 4) is 0 Å². The van der Waals surface area contributed by atoms with Crippen molar-refractivity contribution in [2.45, 2.75) is 83.0 Å². The smallest absolute Gasteiger partial charge is 0.410 e. The fourth-order valence-electron chi connectivity index (χ4n) is 7.86. The fourth-order valence-corrected chi connectivity index (χ4v) is 7.86. The largest absolute Gasteiger partial charge is 0.436 e. The van der Waals surface area contributed by atoms with Crippen LogP contribution in [0.3, 0.4) is 0 Å². The van der Waals surface area contributed by atoms with Crippen molar-refractivity contribution >= 4 is 35.1 Å². The van der Waals surface area contributed by atoms with E-state index in [1.807, 2.05) is 30.0 Å². The number of ether oxygens (including phenoxy) is 1. The quantitative estimate of drug-likeness (QED) is 0.363. The second-order valence-electron chi connectivity index (χ2n) is 13.5. The van der Waals surface area contributed by atoms with Crippen LogP contribution in [0, 0.1) is 12.7 Å². The molecule has 5 heterocycles. The van der Waals surface area contributed by atoms with Crippen LogP contribution in [0.2, 0.25) is 0 Å². The lowest BCUT2D eigenvalue weighted by Crippen LogP contribution is -2.53. The molecule has 1 atom stereocenters. The van der Waals surface area contributed by atoms with Crippen molar-refractivity contribution in [2.75, 3.05) is 55.4 Å². The molecule has 0 saturated carbocycles. The highest BCUT2D eigenvalue weighted by Gasteiger charge is 2.37. The highest BCUT2D eigenvalue weighted by atomic mass is 19.1. The van der Waals surface area contributed by atoms with E-state index in [2.05, 4.69) is 26.6 Å². The summed E-state index contributed by atoms with van der Waals surface area (Å²) in [5, 5.41) is 2.69. The van der Waals surface area contributed by atoms with Crippen LogP contribution in [0.4, 0.5) is 31.0 Å². The van der Waals surface area contributed by atoms with E-state index in [4.69, 9.17) is 4.74 Å².